The summed E-state index contributed by atoms with van der Waals surface area (Å²) in [4.78, 5) is 0. The van der Waals surface area contributed by atoms with Crippen molar-refractivity contribution in [3.8, 4) is 5.75 Å². The van der Waals surface area contributed by atoms with Gasteiger partial charge in [0.05, 0.1) is 6.61 Å². The van der Waals surface area contributed by atoms with E-state index >= 15 is 0 Å². The Labute approximate surface area is 119 Å². The molecule has 2 rings (SSSR count). The van der Waals surface area contributed by atoms with Gasteiger partial charge in [-0.3, -0.25) is 0 Å². The van der Waals surface area contributed by atoms with Crippen LogP contribution in [0.25, 0.3) is 0 Å². The van der Waals surface area contributed by atoms with Gasteiger partial charge in [0.25, 0.3) is 0 Å². The Morgan fingerprint density at radius 3 is 2.53 bits per heavy atom. The molecule has 0 amide bonds. The van der Waals surface area contributed by atoms with Gasteiger partial charge in [-0.2, -0.15) is 0 Å². The fourth-order valence-electron chi connectivity index (χ4n) is 1.92. The van der Waals surface area contributed by atoms with Gasteiger partial charge in [-0.1, -0.05) is 23.7 Å². The zero-order valence-electron chi connectivity index (χ0n) is 11.2. The highest BCUT2D eigenvalue weighted by Crippen LogP contribution is 2.23. The summed E-state index contributed by atoms with van der Waals surface area (Å²) in [6.07, 6.45) is 0. The number of hydrogen-bond donors (Lipinski definition) is 1. The van der Waals surface area contributed by atoms with Crippen LogP contribution in [0.3, 0.4) is 0 Å². The maximum atomic E-state index is 6.00. The molecule has 0 saturated heterocycles. The molecule has 19 heavy (non-hydrogen) atoms. The number of hydrogen-bond acceptors (Lipinski definition) is 2. The lowest BCUT2D eigenvalue weighted by Crippen LogP contribution is -2.06. The van der Waals surface area contributed by atoms with Crippen molar-refractivity contribution in [2.45, 2.75) is 19.9 Å². The predicted molar refractivity (Wildman–Crippen MR) is 81.1 cm³/mol. The Hall–Kier alpha value is -1.67. The van der Waals surface area contributed by atoms with E-state index in [2.05, 4.69) is 18.3 Å². The van der Waals surface area contributed by atoms with Crippen LogP contribution in [0, 0.1) is 0 Å². The number of benzene rings is 2. The van der Waals surface area contributed by atoms with E-state index in [0.29, 0.717) is 6.61 Å². The van der Waals surface area contributed by atoms with E-state index < -0.39 is 0 Å². The largest absolute Gasteiger partial charge is 0.494 e. The second-order valence-corrected chi connectivity index (χ2v) is 4.81. The topological polar surface area (TPSA) is 21.3 Å². The highest BCUT2D eigenvalue weighted by molar-refractivity contribution is 6.30. The molecule has 0 radical (unpaired) electrons. The molecule has 1 N–H and O–H groups in total. The first-order valence-electron chi connectivity index (χ1n) is 6.44. The first-order chi connectivity index (χ1) is 9.19. The monoisotopic (exact) mass is 275 g/mol. The first kappa shape index (κ1) is 13.8. The number of nitrogens with one attached hydrogen (secondary N) is 1. The lowest BCUT2D eigenvalue weighted by Gasteiger charge is -2.16. The zero-order chi connectivity index (χ0) is 13.7. The van der Waals surface area contributed by atoms with Gasteiger partial charge in [-0.15, -0.1) is 0 Å². The number of halogens is 1. The van der Waals surface area contributed by atoms with Gasteiger partial charge in [0.15, 0.2) is 0 Å². The van der Waals surface area contributed by atoms with Gasteiger partial charge < -0.3 is 10.1 Å². The Morgan fingerprint density at radius 2 is 1.89 bits per heavy atom. The Kier molecular flexibility index (Phi) is 4.69. The Morgan fingerprint density at radius 1 is 1.16 bits per heavy atom. The van der Waals surface area contributed by atoms with Crippen molar-refractivity contribution in [1.82, 2.24) is 0 Å². The molecule has 0 aliphatic rings. The van der Waals surface area contributed by atoms with Gasteiger partial charge in [0.2, 0.25) is 0 Å². The summed E-state index contributed by atoms with van der Waals surface area (Å²) in [5.74, 6) is 0.892. The van der Waals surface area contributed by atoms with Crippen molar-refractivity contribution in [3.05, 3.63) is 59.1 Å². The van der Waals surface area contributed by atoms with E-state index in [9.17, 15) is 0 Å². The highest BCUT2D eigenvalue weighted by atomic mass is 35.5. The molecule has 100 valence electrons. The van der Waals surface area contributed by atoms with Crippen molar-refractivity contribution in [2.75, 3.05) is 11.9 Å². The summed E-state index contributed by atoms with van der Waals surface area (Å²) in [5.41, 5.74) is 2.23. The van der Waals surface area contributed by atoms with Crippen LogP contribution in [0.5, 0.6) is 5.75 Å². The van der Waals surface area contributed by atoms with E-state index in [-0.39, 0.29) is 6.04 Å². The molecule has 0 heterocycles. The molecule has 0 fully saturated rings. The second kappa shape index (κ2) is 6.48. The molecule has 3 heteroatoms. The van der Waals surface area contributed by atoms with Crippen LogP contribution in [0.1, 0.15) is 25.5 Å². The average Bonchev–Trinajstić information content (AvgIpc) is 2.41. The third-order valence-electron chi connectivity index (χ3n) is 2.90. The molecule has 2 aromatic rings. The number of anilines is 1. The van der Waals surface area contributed by atoms with Crippen molar-refractivity contribution < 1.29 is 4.74 Å². The van der Waals surface area contributed by atoms with Gasteiger partial charge in [0.1, 0.15) is 5.75 Å². The van der Waals surface area contributed by atoms with Crippen LogP contribution in [-0.4, -0.2) is 6.61 Å². The SMILES string of the molecule is CCOc1ccc(NC(C)c2cccc(Cl)c2)cc1. The van der Waals surface area contributed by atoms with E-state index in [1.54, 1.807) is 0 Å². The quantitative estimate of drug-likeness (QED) is 0.837. The van der Waals surface area contributed by atoms with Crippen LogP contribution in [0.15, 0.2) is 48.5 Å². The van der Waals surface area contributed by atoms with Crippen LogP contribution in [0.4, 0.5) is 5.69 Å². The van der Waals surface area contributed by atoms with E-state index in [1.807, 2.05) is 49.4 Å². The van der Waals surface area contributed by atoms with Gasteiger partial charge in [-0.05, 0) is 55.8 Å². The minimum Gasteiger partial charge on any atom is -0.494 e. The summed E-state index contributed by atoms with van der Waals surface area (Å²) in [7, 11) is 0. The summed E-state index contributed by atoms with van der Waals surface area (Å²) < 4.78 is 5.42. The standard InChI is InChI=1S/C16H18ClNO/c1-3-19-16-9-7-15(8-10-16)18-12(2)13-5-4-6-14(17)11-13/h4-12,18H,3H2,1-2H3. The minimum absolute atomic E-state index is 0.205. The molecular formula is C16H18ClNO. The maximum Gasteiger partial charge on any atom is 0.119 e. The van der Waals surface area contributed by atoms with Crippen molar-refractivity contribution >= 4 is 17.3 Å². The molecular weight excluding hydrogens is 258 g/mol. The summed E-state index contributed by atoms with van der Waals surface area (Å²) in [6, 6.07) is 16.1. The lowest BCUT2D eigenvalue weighted by atomic mass is 10.1. The highest BCUT2D eigenvalue weighted by Gasteiger charge is 2.05. The Balaban J connectivity index is 2.04. The molecule has 0 aliphatic heterocycles. The molecule has 2 aromatic carbocycles. The van der Waals surface area contributed by atoms with Gasteiger partial charge >= 0.3 is 0 Å². The predicted octanol–water partition coefficient (Wildman–Crippen LogP) is 4.91. The molecule has 0 saturated carbocycles. The molecule has 0 bridgehead atoms. The zero-order valence-corrected chi connectivity index (χ0v) is 11.9. The molecule has 0 aromatic heterocycles. The number of rotatable bonds is 5. The summed E-state index contributed by atoms with van der Waals surface area (Å²) >= 11 is 6.00. The number of ether oxygens (including phenoxy) is 1. The average molecular weight is 276 g/mol. The van der Waals surface area contributed by atoms with Crippen LogP contribution in [-0.2, 0) is 0 Å². The fraction of sp³-hybridized carbons (Fsp3) is 0.250. The lowest BCUT2D eigenvalue weighted by molar-refractivity contribution is 0.340. The second-order valence-electron chi connectivity index (χ2n) is 4.38. The van der Waals surface area contributed by atoms with Gasteiger partial charge in [0, 0.05) is 16.8 Å². The van der Waals surface area contributed by atoms with Crippen LogP contribution >= 0.6 is 11.6 Å². The van der Waals surface area contributed by atoms with Gasteiger partial charge in [-0.25, -0.2) is 0 Å². The van der Waals surface area contributed by atoms with E-state index in [1.165, 1.54) is 5.56 Å². The van der Waals surface area contributed by atoms with E-state index in [4.69, 9.17) is 16.3 Å². The molecule has 1 atom stereocenters. The third kappa shape index (κ3) is 3.90. The molecule has 2 nitrogen and oxygen atoms in total. The minimum atomic E-state index is 0.205. The molecule has 0 aliphatic carbocycles. The van der Waals surface area contributed by atoms with E-state index in [0.717, 1.165) is 16.5 Å². The van der Waals surface area contributed by atoms with Crippen molar-refractivity contribution in [2.24, 2.45) is 0 Å². The Bertz CT molecular complexity index is 525. The summed E-state index contributed by atoms with van der Waals surface area (Å²) in [5, 5.41) is 4.20. The maximum absolute atomic E-state index is 6.00. The van der Waals surface area contributed by atoms with Crippen LogP contribution in [0.2, 0.25) is 5.02 Å². The molecule has 1 unspecified atom stereocenters. The van der Waals surface area contributed by atoms with Crippen molar-refractivity contribution in [3.63, 3.8) is 0 Å². The molecule has 0 spiro atoms. The fourth-order valence-corrected chi connectivity index (χ4v) is 2.12. The smallest absolute Gasteiger partial charge is 0.119 e. The normalized spacial score (nSPS) is 11.9. The third-order valence-corrected chi connectivity index (χ3v) is 3.13. The first-order valence-corrected chi connectivity index (χ1v) is 6.81. The summed E-state index contributed by atoms with van der Waals surface area (Å²) in [6.45, 7) is 4.78. The van der Waals surface area contributed by atoms with Crippen molar-refractivity contribution in [1.29, 1.82) is 0 Å². The van der Waals surface area contributed by atoms with Crippen LogP contribution < -0.4 is 10.1 Å².